The van der Waals surface area contributed by atoms with E-state index in [2.05, 4.69) is 6.07 Å². The van der Waals surface area contributed by atoms with Crippen molar-refractivity contribution in [2.45, 2.75) is 31.6 Å². The number of halogens is 1. The molecule has 0 radical (unpaired) electrons. The SMILES string of the molecule is CC(C)(C#N)CCCSc1ccc(N)c(F)c1. The molecule has 4 heteroatoms. The minimum Gasteiger partial charge on any atom is -0.396 e. The lowest BCUT2D eigenvalue weighted by molar-refractivity contribution is 0.448. The molecule has 0 aliphatic rings. The highest BCUT2D eigenvalue weighted by Crippen LogP contribution is 2.26. The molecule has 1 aromatic carbocycles. The first-order valence-electron chi connectivity index (χ1n) is 5.54. The van der Waals surface area contributed by atoms with Crippen LogP contribution in [0.25, 0.3) is 0 Å². The van der Waals surface area contributed by atoms with Crippen molar-refractivity contribution < 1.29 is 4.39 Å². The van der Waals surface area contributed by atoms with Crippen molar-refractivity contribution in [3.05, 3.63) is 24.0 Å². The molecule has 0 fully saturated rings. The molecule has 2 nitrogen and oxygen atoms in total. The van der Waals surface area contributed by atoms with Gasteiger partial charge in [-0.1, -0.05) is 0 Å². The zero-order valence-corrected chi connectivity index (χ0v) is 11.0. The van der Waals surface area contributed by atoms with Gasteiger partial charge in [0, 0.05) is 4.90 Å². The number of hydrogen-bond donors (Lipinski definition) is 1. The van der Waals surface area contributed by atoms with Crippen LogP contribution in [0.5, 0.6) is 0 Å². The Labute approximate surface area is 106 Å². The lowest BCUT2D eigenvalue weighted by Gasteiger charge is -2.14. The number of nitrogen functional groups attached to an aromatic ring is 1. The summed E-state index contributed by atoms with van der Waals surface area (Å²) >= 11 is 1.59. The predicted octanol–water partition coefficient (Wildman–Crippen LogP) is 3.83. The Morgan fingerprint density at radius 2 is 2.18 bits per heavy atom. The Hall–Kier alpha value is -1.21. The largest absolute Gasteiger partial charge is 0.396 e. The minimum atomic E-state index is -0.368. The number of hydrogen-bond acceptors (Lipinski definition) is 3. The molecule has 1 aromatic rings. The molecule has 0 aliphatic carbocycles. The van der Waals surface area contributed by atoms with Crippen LogP contribution in [-0.2, 0) is 0 Å². The summed E-state index contributed by atoms with van der Waals surface area (Å²) < 4.78 is 13.2. The van der Waals surface area contributed by atoms with Crippen LogP contribution in [0.15, 0.2) is 23.1 Å². The maximum absolute atomic E-state index is 13.2. The van der Waals surface area contributed by atoms with Crippen LogP contribution in [-0.4, -0.2) is 5.75 Å². The second-order valence-electron chi connectivity index (χ2n) is 4.63. The molecular formula is C13H17FN2S. The van der Waals surface area contributed by atoms with Gasteiger partial charge in [0.1, 0.15) is 5.82 Å². The molecule has 0 aromatic heterocycles. The maximum atomic E-state index is 13.2. The molecular weight excluding hydrogens is 235 g/mol. The van der Waals surface area contributed by atoms with Gasteiger partial charge in [0.05, 0.1) is 17.2 Å². The Morgan fingerprint density at radius 1 is 1.47 bits per heavy atom. The Bertz CT molecular complexity index is 424. The highest BCUT2D eigenvalue weighted by Gasteiger charge is 2.15. The van der Waals surface area contributed by atoms with Crippen molar-refractivity contribution in [1.29, 1.82) is 5.26 Å². The monoisotopic (exact) mass is 252 g/mol. The van der Waals surface area contributed by atoms with E-state index in [1.54, 1.807) is 17.8 Å². The molecule has 0 saturated carbocycles. The van der Waals surface area contributed by atoms with Gasteiger partial charge in [0.15, 0.2) is 0 Å². The second-order valence-corrected chi connectivity index (χ2v) is 5.80. The molecule has 0 heterocycles. The molecule has 0 atom stereocenters. The first-order chi connectivity index (χ1) is 7.94. The Balaban J connectivity index is 2.37. The summed E-state index contributed by atoms with van der Waals surface area (Å²) in [4.78, 5) is 0.881. The summed E-state index contributed by atoms with van der Waals surface area (Å²) in [6, 6.07) is 7.12. The van der Waals surface area contributed by atoms with E-state index in [1.165, 1.54) is 6.07 Å². The van der Waals surface area contributed by atoms with Crippen molar-refractivity contribution in [3.63, 3.8) is 0 Å². The predicted molar refractivity (Wildman–Crippen MR) is 70.2 cm³/mol. The van der Waals surface area contributed by atoms with E-state index in [1.807, 2.05) is 19.9 Å². The Morgan fingerprint density at radius 3 is 2.76 bits per heavy atom. The summed E-state index contributed by atoms with van der Waals surface area (Å²) in [5.74, 6) is 0.515. The Kier molecular flexibility index (Phi) is 4.83. The van der Waals surface area contributed by atoms with Crippen molar-refractivity contribution in [1.82, 2.24) is 0 Å². The molecule has 0 spiro atoms. The number of nitriles is 1. The standard InChI is InChI=1S/C13H17FN2S/c1-13(2,9-15)6-3-7-17-10-4-5-12(16)11(14)8-10/h4-5,8H,3,6-7,16H2,1-2H3. The summed E-state index contributed by atoms with van der Waals surface area (Å²) in [6.07, 6.45) is 1.80. The van der Waals surface area contributed by atoms with E-state index in [9.17, 15) is 4.39 Å². The van der Waals surface area contributed by atoms with Crippen molar-refractivity contribution in [2.24, 2.45) is 5.41 Å². The van der Waals surface area contributed by atoms with Gasteiger partial charge in [0.25, 0.3) is 0 Å². The van der Waals surface area contributed by atoms with Crippen molar-refractivity contribution in [2.75, 3.05) is 11.5 Å². The highest BCUT2D eigenvalue weighted by atomic mass is 32.2. The third-order valence-electron chi connectivity index (χ3n) is 2.49. The number of anilines is 1. The molecule has 17 heavy (non-hydrogen) atoms. The normalized spacial score (nSPS) is 11.2. The van der Waals surface area contributed by atoms with Gasteiger partial charge < -0.3 is 5.73 Å². The zero-order chi connectivity index (χ0) is 12.9. The fourth-order valence-electron chi connectivity index (χ4n) is 1.36. The second kappa shape index (κ2) is 5.92. The van der Waals surface area contributed by atoms with Gasteiger partial charge in [-0.05, 0) is 50.6 Å². The topological polar surface area (TPSA) is 49.8 Å². The van der Waals surface area contributed by atoms with E-state index >= 15 is 0 Å². The molecule has 1 rings (SSSR count). The van der Waals surface area contributed by atoms with Crippen LogP contribution in [0.3, 0.4) is 0 Å². The quantitative estimate of drug-likeness (QED) is 0.492. The van der Waals surface area contributed by atoms with Gasteiger partial charge in [-0.2, -0.15) is 5.26 Å². The molecule has 2 N–H and O–H groups in total. The third kappa shape index (κ3) is 4.66. The molecule has 0 unspecified atom stereocenters. The van der Waals surface area contributed by atoms with E-state index in [4.69, 9.17) is 11.0 Å². The lowest BCUT2D eigenvalue weighted by Crippen LogP contribution is -2.07. The van der Waals surface area contributed by atoms with Gasteiger partial charge in [-0.15, -0.1) is 11.8 Å². The van der Waals surface area contributed by atoms with E-state index in [-0.39, 0.29) is 16.9 Å². The molecule has 0 aliphatic heterocycles. The average molecular weight is 252 g/mol. The lowest BCUT2D eigenvalue weighted by atomic mass is 9.90. The van der Waals surface area contributed by atoms with Gasteiger partial charge in [-0.25, -0.2) is 4.39 Å². The number of nitrogens with two attached hydrogens (primary N) is 1. The number of nitrogens with zero attached hydrogens (tertiary/aromatic N) is 1. The first kappa shape index (κ1) is 13.9. The third-order valence-corrected chi connectivity index (χ3v) is 3.57. The van der Waals surface area contributed by atoms with Crippen LogP contribution < -0.4 is 5.73 Å². The molecule has 0 amide bonds. The fourth-order valence-corrected chi connectivity index (χ4v) is 2.23. The molecule has 0 bridgehead atoms. The van der Waals surface area contributed by atoms with E-state index in [0.717, 1.165) is 23.5 Å². The summed E-state index contributed by atoms with van der Waals surface area (Å²) in [7, 11) is 0. The minimum absolute atomic E-state index is 0.181. The zero-order valence-electron chi connectivity index (χ0n) is 10.2. The van der Waals surface area contributed by atoms with Gasteiger partial charge in [0.2, 0.25) is 0 Å². The van der Waals surface area contributed by atoms with Crippen LogP contribution in [0.4, 0.5) is 10.1 Å². The van der Waals surface area contributed by atoms with Crippen LogP contribution >= 0.6 is 11.8 Å². The van der Waals surface area contributed by atoms with E-state index in [0.29, 0.717) is 0 Å². The van der Waals surface area contributed by atoms with Gasteiger partial charge in [-0.3, -0.25) is 0 Å². The molecule has 0 saturated heterocycles. The summed E-state index contributed by atoms with van der Waals surface area (Å²) in [5, 5.41) is 8.86. The fraction of sp³-hybridized carbons (Fsp3) is 0.462. The van der Waals surface area contributed by atoms with Gasteiger partial charge >= 0.3 is 0 Å². The maximum Gasteiger partial charge on any atom is 0.147 e. The highest BCUT2D eigenvalue weighted by molar-refractivity contribution is 7.99. The first-order valence-corrected chi connectivity index (χ1v) is 6.52. The average Bonchev–Trinajstić information content (AvgIpc) is 2.29. The van der Waals surface area contributed by atoms with Crippen LogP contribution in [0.1, 0.15) is 26.7 Å². The van der Waals surface area contributed by atoms with Crippen molar-refractivity contribution in [3.8, 4) is 6.07 Å². The van der Waals surface area contributed by atoms with Crippen molar-refractivity contribution >= 4 is 17.4 Å². The van der Waals surface area contributed by atoms with E-state index < -0.39 is 0 Å². The summed E-state index contributed by atoms with van der Waals surface area (Å²) in [6.45, 7) is 3.86. The smallest absolute Gasteiger partial charge is 0.147 e. The van der Waals surface area contributed by atoms with Crippen LogP contribution in [0.2, 0.25) is 0 Å². The molecule has 92 valence electrons. The summed E-state index contributed by atoms with van der Waals surface area (Å²) in [5.41, 5.74) is 5.31. The van der Waals surface area contributed by atoms with Crippen LogP contribution in [0, 0.1) is 22.6 Å². The number of rotatable bonds is 5. The number of benzene rings is 1. The number of thioether (sulfide) groups is 1.